The molecule has 1 spiro atoms. The van der Waals surface area contributed by atoms with Crippen molar-refractivity contribution in [1.29, 1.82) is 0 Å². The summed E-state index contributed by atoms with van der Waals surface area (Å²) in [5.41, 5.74) is 3.56. The van der Waals surface area contributed by atoms with Crippen LogP contribution in [0.3, 0.4) is 0 Å². The number of aliphatic hydroxyl groups is 1. The Morgan fingerprint density at radius 1 is 0.803 bits per heavy atom. The molecule has 5 heterocycles. The Balaban J connectivity index is 1.13. The molecule has 2 fully saturated rings. The molecule has 7 atom stereocenters. The fourth-order valence-electron chi connectivity index (χ4n) is 11.4. The van der Waals surface area contributed by atoms with Gasteiger partial charge in [0.25, 0.3) is 0 Å². The summed E-state index contributed by atoms with van der Waals surface area (Å²) in [6.45, 7) is 1.55. The largest absolute Gasteiger partial charge is 0.491 e. The SMILES string of the molecule is CC(NC(=O)N1C(=O)C2(c3cc(C#CCn4nnc5ccccc54)ccc31)C(C(=O)Nc1nc3ccccc3s1)C1C(=O)OC(c3ccccc3)C(c3ccccc3)N1C2c1ccccc1OCCO)c1ccccc1. The van der Waals surface area contributed by atoms with Crippen molar-refractivity contribution in [2.45, 2.75) is 49.2 Å². The standard InChI is InChI=1S/C60H48N8O7S/c1-37(39-19-5-2-6-20-39)61-59(73)67-46-32-31-38(18-17-33-66-47-28-14-12-26-44(47)64-65-66)36-43(46)60(57(67)72)50(55(70)63-58-62-45-27-13-16-30-49(45)76-58)52-56(71)75-53(41-23-9-4-10-24-41)51(40-21-7-3-8-22-40)68(52)54(60)42-25-11-15-29-48(42)74-35-34-69/h2-16,19-32,36-37,50-54,69H,33-35H2,1H3,(H,61,73)(H,62,63,70). The lowest BCUT2D eigenvalue weighted by molar-refractivity contribution is -0.177. The Morgan fingerprint density at radius 3 is 2.25 bits per heavy atom. The molecule has 3 aliphatic heterocycles. The molecule has 0 aliphatic carbocycles. The van der Waals surface area contributed by atoms with Crippen LogP contribution in [0.5, 0.6) is 5.75 Å². The van der Waals surface area contributed by atoms with Gasteiger partial charge in [0.2, 0.25) is 11.8 Å². The molecule has 4 amide bonds. The molecule has 9 aromatic rings. The minimum atomic E-state index is -2.13. The first kappa shape index (κ1) is 48.0. The first-order valence-electron chi connectivity index (χ1n) is 24.9. The number of fused-ring (bicyclic) bond motifs is 5. The highest BCUT2D eigenvalue weighted by atomic mass is 32.1. The molecule has 376 valence electrons. The van der Waals surface area contributed by atoms with Crippen LogP contribution in [0.2, 0.25) is 0 Å². The van der Waals surface area contributed by atoms with Crippen LogP contribution in [0, 0.1) is 17.8 Å². The van der Waals surface area contributed by atoms with Crippen molar-refractivity contribution < 1.29 is 33.8 Å². The number of amides is 4. The Labute approximate surface area is 440 Å². The van der Waals surface area contributed by atoms with Gasteiger partial charge in [-0.25, -0.2) is 19.4 Å². The number of anilines is 2. The first-order chi connectivity index (χ1) is 37.2. The molecule has 2 aromatic heterocycles. The number of carbonyl (C=O) groups excluding carboxylic acids is 4. The third-order valence-corrected chi connectivity index (χ3v) is 15.5. The second kappa shape index (κ2) is 20.0. The Kier molecular flexibility index (Phi) is 12.6. The van der Waals surface area contributed by atoms with Gasteiger partial charge >= 0.3 is 12.0 Å². The Hall–Kier alpha value is -9.01. The van der Waals surface area contributed by atoms with E-state index in [2.05, 4.69) is 32.8 Å². The number of nitrogens with one attached hydrogen (secondary N) is 2. The van der Waals surface area contributed by atoms with E-state index < -0.39 is 65.4 Å². The highest BCUT2D eigenvalue weighted by Gasteiger charge is 2.76. The van der Waals surface area contributed by atoms with Crippen LogP contribution in [0.4, 0.5) is 15.6 Å². The van der Waals surface area contributed by atoms with Gasteiger partial charge in [-0.2, -0.15) is 0 Å². The van der Waals surface area contributed by atoms with E-state index in [1.165, 1.54) is 11.3 Å². The average molecular weight is 1030 g/mol. The number of morpholine rings is 1. The van der Waals surface area contributed by atoms with Gasteiger partial charge in [-0.15, -0.1) is 5.10 Å². The van der Waals surface area contributed by atoms with E-state index in [4.69, 9.17) is 14.5 Å². The molecule has 7 aromatic carbocycles. The number of aliphatic hydroxyl groups excluding tert-OH is 1. The number of ether oxygens (including phenoxy) is 2. The molecule has 15 nitrogen and oxygen atoms in total. The van der Waals surface area contributed by atoms with Gasteiger partial charge in [0, 0.05) is 11.1 Å². The predicted molar refractivity (Wildman–Crippen MR) is 287 cm³/mol. The maximum atomic E-state index is 17.0. The van der Waals surface area contributed by atoms with Crippen LogP contribution in [0.1, 0.15) is 64.5 Å². The zero-order valence-corrected chi connectivity index (χ0v) is 41.7. The maximum absolute atomic E-state index is 17.0. The van der Waals surface area contributed by atoms with E-state index in [1.807, 2.05) is 157 Å². The molecule has 7 unspecified atom stereocenters. The number of esters is 1. The zero-order valence-electron chi connectivity index (χ0n) is 40.9. The molecule has 2 saturated heterocycles. The molecular weight excluding hydrogens is 977 g/mol. The molecule has 76 heavy (non-hydrogen) atoms. The summed E-state index contributed by atoms with van der Waals surface area (Å²) in [6, 6.07) is 50.7. The Morgan fingerprint density at radius 2 is 1.49 bits per heavy atom. The highest BCUT2D eigenvalue weighted by molar-refractivity contribution is 7.22. The third-order valence-electron chi connectivity index (χ3n) is 14.6. The van der Waals surface area contributed by atoms with Gasteiger partial charge in [-0.3, -0.25) is 19.3 Å². The number of nitrogens with zero attached hydrogens (tertiary/aromatic N) is 6. The molecule has 0 saturated carbocycles. The number of benzene rings is 7. The topological polar surface area (TPSA) is 181 Å². The second-order valence-electron chi connectivity index (χ2n) is 18.8. The number of rotatable bonds is 11. The van der Waals surface area contributed by atoms with Gasteiger partial charge < -0.3 is 25.2 Å². The summed E-state index contributed by atoms with van der Waals surface area (Å²) in [7, 11) is 0. The summed E-state index contributed by atoms with van der Waals surface area (Å²) in [5, 5.41) is 25.2. The lowest BCUT2D eigenvalue weighted by Gasteiger charge is -2.46. The van der Waals surface area contributed by atoms with E-state index in [1.54, 1.807) is 41.1 Å². The maximum Gasteiger partial charge on any atom is 0.329 e. The molecule has 16 heteroatoms. The van der Waals surface area contributed by atoms with E-state index in [0.717, 1.165) is 26.2 Å². The van der Waals surface area contributed by atoms with Gasteiger partial charge in [-0.1, -0.05) is 162 Å². The van der Waals surface area contributed by atoms with E-state index >= 15 is 19.2 Å². The van der Waals surface area contributed by atoms with Crippen molar-refractivity contribution in [2.24, 2.45) is 5.92 Å². The predicted octanol–water partition coefficient (Wildman–Crippen LogP) is 9.24. The van der Waals surface area contributed by atoms with Crippen LogP contribution >= 0.6 is 11.3 Å². The van der Waals surface area contributed by atoms with Crippen molar-refractivity contribution in [3.8, 4) is 17.6 Å². The summed E-state index contributed by atoms with van der Waals surface area (Å²) in [6.07, 6.45) is -0.962. The number of imide groups is 1. The number of aromatic nitrogens is 4. The number of cyclic esters (lactones) is 1. The molecule has 0 bridgehead atoms. The summed E-state index contributed by atoms with van der Waals surface area (Å²) >= 11 is 1.25. The number of hydrogen-bond donors (Lipinski definition) is 3. The normalized spacial score (nSPS) is 21.1. The second-order valence-corrected chi connectivity index (χ2v) is 19.9. The summed E-state index contributed by atoms with van der Waals surface area (Å²) < 4.78 is 15.6. The average Bonchev–Trinajstić information content (AvgIpc) is 4.08. The van der Waals surface area contributed by atoms with Crippen molar-refractivity contribution in [2.75, 3.05) is 23.4 Å². The van der Waals surface area contributed by atoms with Gasteiger partial charge in [0.15, 0.2) is 5.13 Å². The van der Waals surface area contributed by atoms with E-state index in [9.17, 15) is 5.11 Å². The monoisotopic (exact) mass is 1020 g/mol. The third kappa shape index (κ3) is 8.21. The van der Waals surface area contributed by atoms with Gasteiger partial charge in [-0.05, 0) is 77.7 Å². The van der Waals surface area contributed by atoms with Crippen LogP contribution in [0.15, 0.2) is 182 Å². The minimum absolute atomic E-state index is 0.115. The highest BCUT2D eigenvalue weighted by Crippen LogP contribution is 2.67. The van der Waals surface area contributed by atoms with Crippen molar-refractivity contribution in [1.82, 2.24) is 30.2 Å². The number of urea groups is 1. The van der Waals surface area contributed by atoms with Crippen molar-refractivity contribution in [3.05, 3.63) is 215 Å². The van der Waals surface area contributed by atoms with Crippen molar-refractivity contribution in [3.63, 3.8) is 0 Å². The van der Waals surface area contributed by atoms with Gasteiger partial charge in [0.1, 0.15) is 42.0 Å². The summed E-state index contributed by atoms with van der Waals surface area (Å²) in [4.78, 5) is 72.1. The van der Waals surface area contributed by atoms with Crippen LogP contribution in [-0.2, 0) is 31.1 Å². The fraction of sp³-hybridized carbons (Fsp3) is 0.183. The quantitative estimate of drug-likeness (QED) is 0.0830. The number of carbonyl (C=O) groups is 4. The number of thiazole rings is 1. The summed E-state index contributed by atoms with van der Waals surface area (Å²) in [5.74, 6) is 2.97. The lowest BCUT2D eigenvalue weighted by atomic mass is 9.65. The van der Waals surface area contributed by atoms with Crippen LogP contribution < -0.4 is 20.3 Å². The molecule has 3 aliphatic rings. The van der Waals surface area contributed by atoms with Gasteiger partial charge in [0.05, 0.1) is 52.1 Å². The van der Waals surface area contributed by atoms with Crippen LogP contribution in [-0.4, -0.2) is 73.1 Å². The molecule has 12 rings (SSSR count). The smallest absolute Gasteiger partial charge is 0.329 e. The number of hydrogen-bond acceptors (Lipinski definition) is 12. The van der Waals surface area contributed by atoms with E-state index in [-0.39, 0.29) is 36.1 Å². The zero-order chi connectivity index (χ0) is 51.9. The van der Waals surface area contributed by atoms with Crippen LogP contribution in [0.25, 0.3) is 21.3 Å². The minimum Gasteiger partial charge on any atom is -0.491 e. The first-order valence-corrected chi connectivity index (χ1v) is 25.7. The Bertz CT molecular complexity index is 3720. The molecule has 3 N–H and O–H groups in total. The van der Waals surface area contributed by atoms with Crippen molar-refractivity contribution >= 4 is 67.2 Å². The molecule has 0 radical (unpaired) electrons. The fourth-order valence-corrected chi connectivity index (χ4v) is 12.3. The van der Waals surface area contributed by atoms with E-state index in [0.29, 0.717) is 33.5 Å². The number of para-hydroxylation sites is 3. The lowest BCUT2D eigenvalue weighted by Crippen LogP contribution is -2.55. The molecular formula is C60H48N8O7S.